The van der Waals surface area contributed by atoms with Crippen molar-refractivity contribution < 1.29 is 14.3 Å². The first-order valence-corrected chi connectivity index (χ1v) is 6.31. The fraction of sp³-hybridized carbons (Fsp3) is 0.429. The van der Waals surface area contributed by atoms with E-state index in [0.29, 0.717) is 25.1 Å². The maximum atomic E-state index is 11.2. The molecule has 0 unspecified atom stereocenters. The van der Waals surface area contributed by atoms with Crippen molar-refractivity contribution in [2.45, 2.75) is 19.3 Å². The van der Waals surface area contributed by atoms with Crippen molar-refractivity contribution in [1.29, 1.82) is 0 Å². The fourth-order valence-corrected chi connectivity index (χ4v) is 1.67. The molecule has 3 N–H and O–H groups in total. The third-order valence-corrected chi connectivity index (χ3v) is 2.71. The summed E-state index contributed by atoms with van der Waals surface area (Å²) in [6.07, 6.45) is 2.08. The molecule has 0 aliphatic heterocycles. The van der Waals surface area contributed by atoms with Gasteiger partial charge in [0.25, 0.3) is 0 Å². The summed E-state index contributed by atoms with van der Waals surface area (Å²) in [6.45, 7) is 1.01. The van der Waals surface area contributed by atoms with Gasteiger partial charge in [-0.05, 0) is 30.5 Å². The first-order chi connectivity index (χ1) is 9.17. The van der Waals surface area contributed by atoms with Crippen molar-refractivity contribution in [1.82, 2.24) is 5.32 Å². The molecule has 0 saturated heterocycles. The molecular formula is C14H20N2O3. The van der Waals surface area contributed by atoms with Crippen molar-refractivity contribution in [2.75, 3.05) is 20.2 Å². The van der Waals surface area contributed by atoms with E-state index in [2.05, 4.69) is 10.1 Å². The van der Waals surface area contributed by atoms with Crippen molar-refractivity contribution >= 4 is 11.9 Å². The molecule has 0 radical (unpaired) electrons. The molecule has 0 fully saturated rings. The Balaban J connectivity index is 2.30. The molecule has 0 atom stereocenters. The molecule has 0 saturated carbocycles. The molecule has 104 valence electrons. The molecule has 1 aromatic carbocycles. The average Bonchev–Trinajstić information content (AvgIpc) is 2.44. The van der Waals surface area contributed by atoms with Gasteiger partial charge in [-0.25, -0.2) is 4.79 Å². The van der Waals surface area contributed by atoms with Gasteiger partial charge in [0.2, 0.25) is 5.91 Å². The first kappa shape index (κ1) is 15.2. The van der Waals surface area contributed by atoms with Crippen LogP contribution in [0.2, 0.25) is 0 Å². The van der Waals surface area contributed by atoms with E-state index in [1.807, 2.05) is 12.1 Å². The second-order valence-electron chi connectivity index (χ2n) is 4.18. The second kappa shape index (κ2) is 8.26. The minimum atomic E-state index is -0.333. The monoisotopic (exact) mass is 264 g/mol. The standard InChI is InChI=1S/C14H20N2O3/c1-19-14(18)12-6-4-11(5-7-12)3-2-10-16-13(17)8-9-15/h4-7H,2-3,8-10,15H2,1H3,(H,16,17). The summed E-state index contributed by atoms with van der Waals surface area (Å²) in [6, 6.07) is 7.28. The zero-order chi connectivity index (χ0) is 14.1. The van der Waals surface area contributed by atoms with E-state index in [1.165, 1.54) is 7.11 Å². The summed E-state index contributed by atoms with van der Waals surface area (Å²) in [4.78, 5) is 22.4. The number of ether oxygens (including phenoxy) is 1. The van der Waals surface area contributed by atoms with E-state index in [4.69, 9.17) is 5.73 Å². The van der Waals surface area contributed by atoms with Crippen molar-refractivity contribution in [3.05, 3.63) is 35.4 Å². The van der Waals surface area contributed by atoms with Crippen molar-refractivity contribution in [3.8, 4) is 0 Å². The van der Waals surface area contributed by atoms with E-state index >= 15 is 0 Å². The molecule has 0 aromatic heterocycles. The van der Waals surface area contributed by atoms with Crippen LogP contribution < -0.4 is 11.1 Å². The second-order valence-corrected chi connectivity index (χ2v) is 4.18. The number of carbonyl (C=O) groups is 2. The summed E-state index contributed by atoms with van der Waals surface area (Å²) in [5.74, 6) is -0.343. The van der Waals surface area contributed by atoms with Crippen LogP contribution in [0, 0.1) is 0 Å². The van der Waals surface area contributed by atoms with Gasteiger partial charge in [0.15, 0.2) is 0 Å². The zero-order valence-electron chi connectivity index (χ0n) is 11.1. The van der Waals surface area contributed by atoms with E-state index < -0.39 is 0 Å². The van der Waals surface area contributed by atoms with Crippen LogP contribution in [0.5, 0.6) is 0 Å². The Morgan fingerprint density at radius 1 is 1.26 bits per heavy atom. The molecular weight excluding hydrogens is 244 g/mol. The molecule has 0 aliphatic carbocycles. The van der Waals surface area contributed by atoms with Crippen molar-refractivity contribution in [3.63, 3.8) is 0 Å². The third kappa shape index (κ3) is 5.52. The predicted molar refractivity (Wildman–Crippen MR) is 72.8 cm³/mol. The Morgan fingerprint density at radius 2 is 1.95 bits per heavy atom. The van der Waals surface area contributed by atoms with Crippen LogP contribution in [-0.4, -0.2) is 32.1 Å². The molecule has 1 rings (SSSR count). The largest absolute Gasteiger partial charge is 0.465 e. The van der Waals surface area contributed by atoms with Crippen LogP contribution >= 0.6 is 0 Å². The van der Waals surface area contributed by atoms with Gasteiger partial charge in [-0.1, -0.05) is 12.1 Å². The number of esters is 1. The smallest absolute Gasteiger partial charge is 0.337 e. The quantitative estimate of drug-likeness (QED) is 0.565. The summed E-state index contributed by atoms with van der Waals surface area (Å²) in [5, 5.41) is 2.80. The van der Waals surface area contributed by atoms with Crippen LogP contribution in [0.15, 0.2) is 24.3 Å². The Labute approximate surface area is 113 Å². The molecule has 5 heteroatoms. The molecule has 0 aliphatic rings. The number of carbonyl (C=O) groups excluding carboxylic acids is 2. The van der Waals surface area contributed by atoms with E-state index in [9.17, 15) is 9.59 Å². The minimum absolute atomic E-state index is 0.0106. The highest BCUT2D eigenvalue weighted by atomic mass is 16.5. The minimum Gasteiger partial charge on any atom is -0.465 e. The summed E-state index contributed by atoms with van der Waals surface area (Å²) < 4.78 is 4.63. The van der Waals surface area contributed by atoms with Gasteiger partial charge in [-0.15, -0.1) is 0 Å². The number of hydrogen-bond acceptors (Lipinski definition) is 4. The van der Waals surface area contributed by atoms with Gasteiger partial charge >= 0.3 is 5.97 Å². The number of nitrogens with one attached hydrogen (secondary N) is 1. The third-order valence-electron chi connectivity index (χ3n) is 2.71. The van der Waals surface area contributed by atoms with Gasteiger partial charge in [0.1, 0.15) is 0 Å². The van der Waals surface area contributed by atoms with Crippen LogP contribution in [0.4, 0.5) is 0 Å². The molecule has 19 heavy (non-hydrogen) atoms. The highest BCUT2D eigenvalue weighted by molar-refractivity contribution is 5.89. The Kier molecular flexibility index (Phi) is 6.60. The highest BCUT2D eigenvalue weighted by Gasteiger charge is 2.04. The molecule has 1 amide bonds. The number of benzene rings is 1. The molecule has 5 nitrogen and oxygen atoms in total. The molecule has 0 heterocycles. The number of hydrogen-bond donors (Lipinski definition) is 2. The van der Waals surface area contributed by atoms with Gasteiger partial charge in [-0.2, -0.15) is 0 Å². The Hall–Kier alpha value is -1.88. The van der Waals surface area contributed by atoms with E-state index in [1.54, 1.807) is 12.1 Å². The summed E-state index contributed by atoms with van der Waals surface area (Å²) >= 11 is 0. The predicted octanol–water partition coefficient (Wildman–Crippen LogP) is 0.871. The Bertz CT molecular complexity index is 415. The van der Waals surface area contributed by atoms with Crippen LogP contribution in [0.3, 0.4) is 0 Å². The number of amides is 1. The first-order valence-electron chi connectivity index (χ1n) is 6.31. The van der Waals surface area contributed by atoms with Gasteiger partial charge < -0.3 is 15.8 Å². The topological polar surface area (TPSA) is 81.4 Å². The number of methoxy groups -OCH3 is 1. The van der Waals surface area contributed by atoms with Gasteiger partial charge in [0, 0.05) is 19.5 Å². The van der Waals surface area contributed by atoms with Crippen molar-refractivity contribution in [2.24, 2.45) is 5.73 Å². The lowest BCUT2D eigenvalue weighted by Gasteiger charge is -2.05. The number of rotatable bonds is 7. The average molecular weight is 264 g/mol. The normalized spacial score (nSPS) is 10.0. The van der Waals surface area contributed by atoms with Gasteiger partial charge in [-0.3, -0.25) is 4.79 Å². The lowest BCUT2D eigenvalue weighted by Crippen LogP contribution is -2.26. The van der Waals surface area contributed by atoms with Gasteiger partial charge in [0.05, 0.1) is 12.7 Å². The Morgan fingerprint density at radius 3 is 2.53 bits per heavy atom. The summed E-state index contributed by atoms with van der Waals surface area (Å²) in [5.41, 5.74) is 6.95. The SMILES string of the molecule is COC(=O)c1ccc(CCCNC(=O)CCN)cc1. The van der Waals surface area contributed by atoms with Crippen LogP contribution in [-0.2, 0) is 16.0 Å². The van der Waals surface area contributed by atoms with Crippen LogP contribution in [0.1, 0.15) is 28.8 Å². The maximum absolute atomic E-state index is 11.2. The molecule has 0 spiro atoms. The molecule has 1 aromatic rings. The van der Waals surface area contributed by atoms with Crippen LogP contribution in [0.25, 0.3) is 0 Å². The number of nitrogens with two attached hydrogens (primary N) is 1. The lowest BCUT2D eigenvalue weighted by atomic mass is 10.1. The zero-order valence-corrected chi connectivity index (χ0v) is 11.1. The molecule has 0 bridgehead atoms. The lowest BCUT2D eigenvalue weighted by molar-refractivity contribution is -0.120. The van der Waals surface area contributed by atoms with E-state index in [-0.39, 0.29) is 11.9 Å². The van der Waals surface area contributed by atoms with E-state index in [0.717, 1.165) is 18.4 Å². The fourth-order valence-electron chi connectivity index (χ4n) is 1.67. The maximum Gasteiger partial charge on any atom is 0.337 e. The number of aryl methyl sites for hydroxylation is 1. The highest BCUT2D eigenvalue weighted by Crippen LogP contribution is 2.07. The summed E-state index contributed by atoms with van der Waals surface area (Å²) in [7, 11) is 1.36.